The van der Waals surface area contributed by atoms with Crippen LogP contribution in [0.3, 0.4) is 0 Å². The van der Waals surface area contributed by atoms with Crippen molar-refractivity contribution in [3.05, 3.63) is 23.8 Å². The molecule has 1 rings (SSSR count). The Hall–Kier alpha value is -1.79. The van der Waals surface area contributed by atoms with E-state index < -0.39 is 0 Å². The van der Waals surface area contributed by atoms with Crippen LogP contribution in [0.4, 0.5) is 10.5 Å². The van der Waals surface area contributed by atoms with Crippen LogP contribution in [0.25, 0.3) is 0 Å². The summed E-state index contributed by atoms with van der Waals surface area (Å²) in [5, 5.41) is 15.0. The fraction of sp³-hybridized carbons (Fsp3) is 0.533. The average Bonchev–Trinajstić information content (AvgIpc) is 2.38. The topological polar surface area (TPSA) is 96.6 Å². The molecule has 0 saturated heterocycles. The largest absolute Gasteiger partial charge is 0.491 e. The molecular formula is C15H25N3O3. The number of hydrogen-bond acceptors (Lipinski definition) is 4. The van der Waals surface area contributed by atoms with Gasteiger partial charge in [-0.1, -0.05) is 12.1 Å². The number of rotatable bonds is 6. The molecule has 0 aliphatic rings. The summed E-state index contributed by atoms with van der Waals surface area (Å²) in [6, 6.07) is 4.92. The summed E-state index contributed by atoms with van der Waals surface area (Å²) in [5.74, 6) is 0.527. The third kappa shape index (κ3) is 6.01. The lowest BCUT2D eigenvalue weighted by Gasteiger charge is -2.22. The average molecular weight is 295 g/mol. The van der Waals surface area contributed by atoms with Gasteiger partial charge in [0, 0.05) is 11.1 Å². The van der Waals surface area contributed by atoms with Gasteiger partial charge in [0.1, 0.15) is 5.75 Å². The minimum Gasteiger partial charge on any atom is -0.491 e. The summed E-state index contributed by atoms with van der Waals surface area (Å²) in [6.07, 6.45) is 0.719. The molecule has 0 bridgehead atoms. The number of aliphatic hydroxyl groups excluding tert-OH is 1. The number of para-hydroxylation sites is 1. The van der Waals surface area contributed by atoms with E-state index in [-0.39, 0.29) is 18.2 Å². The molecule has 0 aliphatic heterocycles. The second-order valence-electron chi connectivity index (χ2n) is 5.77. The molecular weight excluding hydrogens is 270 g/mol. The molecule has 118 valence electrons. The van der Waals surface area contributed by atoms with Crippen LogP contribution in [0, 0.1) is 0 Å². The van der Waals surface area contributed by atoms with Gasteiger partial charge >= 0.3 is 6.03 Å². The van der Waals surface area contributed by atoms with Crippen molar-refractivity contribution >= 4 is 11.7 Å². The summed E-state index contributed by atoms with van der Waals surface area (Å²) in [7, 11) is 0. The Labute approximate surface area is 125 Å². The van der Waals surface area contributed by atoms with Crippen LogP contribution >= 0.6 is 0 Å². The Morgan fingerprint density at radius 1 is 1.38 bits per heavy atom. The summed E-state index contributed by atoms with van der Waals surface area (Å²) >= 11 is 0. The number of anilines is 1. The van der Waals surface area contributed by atoms with Crippen LogP contribution < -0.4 is 21.1 Å². The number of amides is 2. The van der Waals surface area contributed by atoms with Gasteiger partial charge in [-0.15, -0.1) is 0 Å². The third-order valence-corrected chi connectivity index (χ3v) is 2.62. The molecule has 5 N–H and O–H groups in total. The monoisotopic (exact) mass is 295 g/mol. The molecule has 1 aromatic carbocycles. The van der Waals surface area contributed by atoms with E-state index in [1.807, 2.05) is 20.8 Å². The summed E-state index contributed by atoms with van der Waals surface area (Å²) in [6.45, 7) is 6.49. The first kappa shape index (κ1) is 17.3. The lowest BCUT2D eigenvalue weighted by Crippen LogP contribution is -2.43. The summed E-state index contributed by atoms with van der Waals surface area (Å²) in [4.78, 5) is 12.0. The molecule has 0 aliphatic carbocycles. The van der Waals surface area contributed by atoms with Crippen molar-refractivity contribution in [3.63, 3.8) is 0 Å². The maximum atomic E-state index is 12.0. The van der Waals surface area contributed by atoms with Gasteiger partial charge in [0.2, 0.25) is 0 Å². The Balaban J connectivity index is 2.88. The van der Waals surface area contributed by atoms with E-state index >= 15 is 0 Å². The molecule has 0 aromatic heterocycles. The molecule has 1 aromatic rings. The zero-order valence-corrected chi connectivity index (χ0v) is 12.9. The quantitative estimate of drug-likeness (QED) is 0.602. The number of benzene rings is 1. The Kier molecular flexibility index (Phi) is 6.45. The fourth-order valence-corrected chi connectivity index (χ4v) is 1.72. The van der Waals surface area contributed by atoms with Crippen LogP contribution in [0.2, 0.25) is 0 Å². The molecule has 6 nitrogen and oxygen atoms in total. The van der Waals surface area contributed by atoms with E-state index in [2.05, 4.69) is 10.6 Å². The van der Waals surface area contributed by atoms with Crippen LogP contribution in [-0.4, -0.2) is 29.8 Å². The molecule has 21 heavy (non-hydrogen) atoms. The van der Waals surface area contributed by atoms with E-state index in [0.717, 1.165) is 6.42 Å². The predicted octanol–water partition coefficient (Wildman–Crippen LogP) is 1.83. The van der Waals surface area contributed by atoms with Gasteiger partial charge in [0.15, 0.2) is 0 Å². The second-order valence-corrected chi connectivity index (χ2v) is 5.77. The Morgan fingerprint density at radius 3 is 2.67 bits per heavy atom. The Bertz CT molecular complexity index is 470. The fourth-order valence-electron chi connectivity index (χ4n) is 1.72. The van der Waals surface area contributed by atoms with E-state index in [1.54, 1.807) is 18.2 Å². The molecule has 0 heterocycles. The molecule has 0 saturated carbocycles. The first-order chi connectivity index (χ1) is 9.87. The van der Waals surface area contributed by atoms with Gasteiger partial charge in [0.05, 0.1) is 18.9 Å². The van der Waals surface area contributed by atoms with Crippen molar-refractivity contribution in [2.24, 2.45) is 5.73 Å². The zero-order chi connectivity index (χ0) is 15.9. The number of carbonyl (C=O) groups is 1. The van der Waals surface area contributed by atoms with Gasteiger partial charge in [-0.2, -0.15) is 0 Å². The van der Waals surface area contributed by atoms with Gasteiger partial charge < -0.3 is 26.2 Å². The SMILES string of the molecule is CC(C)(C)NC(=O)Nc1c(CO)cccc1OCCCN. The second kappa shape index (κ2) is 7.85. The van der Waals surface area contributed by atoms with Crippen LogP contribution in [0.1, 0.15) is 32.8 Å². The molecule has 0 atom stereocenters. The zero-order valence-electron chi connectivity index (χ0n) is 12.9. The predicted molar refractivity (Wildman–Crippen MR) is 83.4 cm³/mol. The van der Waals surface area contributed by atoms with E-state index in [9.17, 15) is 9.90 Å². The lowest BCUT2D eigenvalue weighted by molar-refractivity contribution is 0.243. The highest BCUT2D eigenvalue weighted by Crippen LogP contribution is 2.29. The third-order valence-electron chi connectivity index (χ3n) is 2.62. The number of hydrogen-bond donors (Lipinski definition) is 4. The smallest absolute Gasteiger partial charge is 0.319 e. The lowest BCUT2D eigenvalue weighted by atomic mass is 10.1. The standard InChI is InChI=1S/C15H25N3O3/c1-15(2,3)18-14(20)17-13-11(10-19)6-4-7-12(13)21-9-5-8-16/h4,6-7,19H,5,8-10,16H2,1-3H3,(H2,17,18,20). The molecule has 0 unspecified atom stereocenters. The van der Waals surface area contributed by atoms with Gasteiger partial charge in [-0.05, 0) is 39.8 Å². The van der Waals surface area contributed by atoms with Crippen molar-refractivity contribution < 1.29 is 14.6 Å². The molecule has 0 fully saturated rings. The van der Waals surface area contributed by atoms with Gasteiger partial charge in [-0.25, -0.2) is 4.79 Å². The number of aliphatic hydroxyl groups is 1. The highest BCUT2D eigenvalue weighted by molar-refractivity contribution is 5.92. The summed E-state index contributed by atoms with van der Waals surface area (Å²) < 4.78 is 5.62. The van der Waals surface area contributed by atoms with Gasteiger partial charge in [-0.3, -0.25) is 0 Å². The van der Waals surface area contributed by atoms with Crippen molar-refractivity contribution in [2.75, 3.05) is 18.5 Å². The molecule has 6 heteroatoms. The van der Waals surface area contributed by atoms with E-state index in [4.69, 9.17) is 10.5 Å². The molecule has 0 spiro atoms. The number of carbonyl (C=O) groups excluding carboxylic acids is 1. The normalized spacial score (nSPS) is 11.1. The number of urea groups is 1. The summed E-state index contributed by atoms with van der Waals surface area (Å²) in [5.41, 5.74) is 6.17. The van der Waals surface area contributed by atoms with E-state index in [0.29, 0.717) is 30.2 Å². The number of ether oxygens (including phenoxy) is 1. The van der Waals surface area contributed by atoms with Crippen LogP contribution in [0.5, 0.6) is 5.75 Å². The molecule has 2 amide bonds. The molecule has 0 radical (unpaired) electrons. The number of nitrogens with one attached hydrogen (secondary N) is 2. The van der Waals surface area contributed by atoms with Gasteiger partial charge in [0.25, 0.3) is 0 Å². The minimum absolute atomic E-state index is 0.181. The Morgan fingerprint density at radius 2 is 2.10 bits per heavy atom. The van der Waals surface area contributed by atoms with Crippen LogP contribution in [0.15, 0.2) is 18.2 Å². The van der Waals surface area contributed by atoms with Crippen molar-refractivity contribution in [2.45, 2.75) is 39.3 Å². The highest BCUT2D eigenvalue weighted by Gasteiger charge is 2.17. The van der Waals surface area contributed by atoms with Crippen LogP contribution in [-0.2, 0) is 6.61 Å². The number of nitrogens with two attached hydrogens (primary N) is 1. The highest BCUT2D eigenvalue weighted by atomic mass is 16.5. The first-order valence-corrected chi connectivity index (χ1v) is 7.02. The van der Waals surface area contributed by atoms with Crippen molar-refractivity contribution in [3.8, 4) is 5.75 Å². The first-order valence-electron chi connectivity index (χ1n) is 7.02. The van der Waals surface area contributed by atoms with E-state index in [1.165, 1.54) is 0 Å². The minimum atomic E-state index is -0.348. The maximum absolute atomic E-state index is 12.0. The van der Waals surface area contributed by atoms with Crippen molar-refractivity contribution in [1.82, 2.24) is 5.32 Å². The maximum Gasteiger partial charge on any atom is 0.319 e. The van der Waals surface area contributed by atoms with Crippen molar-refractivity contribution in [1.29, 1.82) is 0 Å².